The summed E-state index contributed by atoms with van der Waals surface area (Å²) >= 11 is 3.33. The van der Waals surface area contributed by atoms with Gasteiger partial charge in [-0.3, -0.25) is 0 Å². The number of ether oxygens (including phenoxy) is 2. The van der Waals surface area contributed by atoms with Crippen LogP contribution in [0.1, 0.15) is 18.9 Å². The Hall–Kier alpha value is -0.490. The fourth-order valence-corrected chi connectivity index (χ4v) is 2.77. The fourth-order valence-electron chi connectivity index (χ4n) is 2.35. The van der Waals surface area contributed by atoms with Crippen molar-refractivity contribution in [1.29, 1.82) is 0 Å². The molecule has 2 atom stereocenters. The van der Waals surface area contributed by atoms with Crippen LogP contribution in [0.2, 0.25) is 0 Å². The van der Waals surface area contributed by atoms with Crippen molar-refractivity contribution >= 4 is 15.9 Å². The first kappa shape index (κ1) is 15.9. The molecule has 5 heteroatoms. The lowest BCUT2D eigenvalue weighted by Gasteiger charge is -2.31. The molecule has 0 aromatic heterocycles. The summed E-state index contributed by atoms with van der Waals surface area (Å²) in [4.78, 5) is 0. The van der Waals surface area contributed by atoms with Crippen molar-refractivity contribution in [2.24, 2.45) is 0 Å². The van der Waals surface area contributed by atoms with Crippen molar-refractivity contribution in [2.45, 2.75) is 31.9 Å². The van der Waals surface area contributed by atoms with Crippen LogP contribution in [0.4, 0.5) is 4.39 Å². The van der Waals surface area contributed by atoms with Crippen LogP contribution >= 0.6 is 15.9 Å². The fraction of sp³-hybridized carbons (Fsp3) is 0.600. The lowest BCUT2D eigenvalue weighted by molar-refractivity contribution is -0.101. The Balaban J connectivity index is 2.07. The standard InChI is InChI=1S/C15H21BrFNO2/c1-2-6-18-13(14-10-19-7-8-20-14)9-11-4-3-5-12(17)15(11)16/h3-5,13-14,18H,2,6-10H2,1H3. The third kappa shape index (κ3) is 4.25. The number of hydrogen-bond acceptors (Lipinski definition) is 3. The van der Waals surface area contributed by atoms with Crippen LogP contribution in [0, 0.1) is 5.82 Å². The minimum Gasteiger partial charge on any atom is -0.376 e. The summed E-state index contributed by atoms with van der Waals surface area (Å²) in [6.45, 7) is 4.91. The third-order valence-corrected chi connectivity index (χ3v) is 4.31. The summed E-state index contributed by atoms with van der Waals surface area (Å²) in [6, 6.07) is 5.28. The van der Waals surface area contributed by atoms with Gasteiger partial charge in [-0.2, -0.15) is 0 Å². The van der Waals surface area contributed by atoms with Gasteiger partial charge in [-0.15, -0.1) is 0 Å². The molecule has 1 N–H and O–H groups in total. The normalized spacial score (nSPS) is 20.9. The summed E-state index contributed by atoms with van der Waals surface area (Å²) in [6.07, 6.45) is 1.78. The monoisotopic (exact) mass is 345 g/mol. The Labute approximate surface area is 128 Å². The second-order valence-corrected chi connectivity index (χ2v) is 5.75. The van der Waals surface area contributed by atoms with Gasteiger partial charge in [-0.25, -0.2) is 4.39 Å². The largest absolute Gasteiger partial charge is 0.376 e. The zero-order valence-corrected chi connectivity index (χ0v) is 13.3. The van der Waals surface area contributed by atoms with Crippen LogP contribution in [0.25, 0.3) is 0 Å². The highest BCUT2D eigenvalue weighted by molar-refractivity contribution is 9.10. The van der Waals surface area contributed by atoms with Crippen LogP contribution in [0.5, 0.6) is 0 Å². The van der Waals surface area contributed by atoms with Crippen molar-refractivity contribution in [2.75, 3.05) is 26.4 Å². The molecule has 0 saturated carbocycles. The van der Waals surface area contributed by atoms with Gasteiger partial charge in [-0.05, 0) is 46.9 Å². The molecule has 1 heterocycles. The van der Waals surface area contributed by atoms with E-state index >= 15 is 0 Å². The van der Waals surface area contributed by atoms with Gasteiger partial charge in [0.25, 0.3) is 0 Å². The van der Waals surface area contributed by atoms with E-state index in [0.717, 1.165) is 18.5 Å². The number of rotatable bonds is 6. The maximum Gasteiger partial charge on any atom is 0.137 e. The van der Waals surface area contributed by atoms with Crippen molar-refractivity contribution in [1.82, 2.24) is 5.32 Å². The zero-order valence-electron chi connectivity index (χ0n) is 11.7. The molecule has 2 unspecified atom stereocenters. The van der Waals surface area contributed by atoms with Crippen molar-refractivity contribution in [3.05, 3.63) is 34.1 Å². The molecule has 0 spiro atoms. The van der Waals surface area contributed by atoms with Crippen LogP contribution < -0.4 is 5.32 Å². The van der Waals surface area contributed by atoms with Gasteiger partial charge in [-0.1, -0.05) is 19.1 Å². The summed E-state index contributed by atoms with van der Waals surface area (Å²) in [5.41, 5.74) is 0.952. The minimum absolute atomic E-state index is 0.0190. The first-order chi connectivity index (χ1) is 9.72. The number of nitrogens with one attached hydrogen (secondary N) is 1. The smallest absolute Gasteiger partial charge is 0.137 e. The molecule has 112 valence electrons. The Kier molecular flexibility index (Phi) is 6.42. The Bertz CT molecular complexity index is 424. The molecular weight excluding hydrogens is 325 g/mol. The van der Waals surface area contributed by atoms with Crippen LogP contribution in [-0.2, 0) is 15.9 Å². The second-order valence-electron chi connectivity index (χ2n) is 4.96. The predicted molar refractivity (Wildman–Crippen MR) is 80.4 cm³/mol. The van der Waals surface area contributed by atoms with E-state index in [2.05, 4.69) is 28.2 Å². The molecule has 1 aliphatic rings. The van der Waals surface area contributed by atoms with Gasteiger partial charge in [0.05, 0.1) is 30.4 Å². The SMILES string of the molecule is CCCNC(Cc1cccc(F)c1Br)C1COCCO1. The molecule has 1 aromatic carbocycles. The highest BCUT2D eigenvalue weighted by Gasteiger charge is 2.25. The number of benzene rings is 1. The van der Waals surface area contributed by atoms with E-state index in [0.29, 0.717) is 30.7 Å². The van der Waals surface area contributed by atoms with E-state index < -0.39 is 0 Å². The van der Waals surface area contributed by atoms with Gasteiger partial charge < -0.3 is 14.8 Å². The van der Waals surface area contributed by atoms with E-state index in [1.807, 2.05) is 6.07 Å². The third-order valence-electron chi connectivity index (χ3n) is 3.42. The molecule has 0 amide bonds. The lowest BCUT2D eigenvalue weighted by Crippen LogP contribution is -2.48. The number of hydrogen-bond donors (Lipinski definition) is 1. The van der Waals surface area contributed by atoms with E-state index in [9.17, 15) is 4.39 Å². The van der Waals surface area contributed by atoms with Gasteiger partial charge >= 0.3 is 0 Å². The second kappa shape index (κ2) is 8.08. The first-order valence-corrected chi connectivity index (χ1v) is 7.87. The molecular formula is C15H21BrFNO2. The quantitative estimate of drug-likeness (QED) is 0.859. The summed E-state index contributed by atoms with van der Waals surface area (Å²) in [5.74, 6) is -0.224. The molecule has 3 nitrogen and oxygen atoms in total. The van der Waals surface area contributed by atoms with Gasteiger partial charge in [0.1, 0.15) is 5.82 Å². The summed E-state index contributed by atoms with van der Waals surface area (Å²) < 4.78 is 25.4. The van der Waals surface area contributed by atoms with Crippen molar-refractivity contribution in [3.8, 4) is 0 Å². The molecule has 1 aliphatic heterocycles. The van der Waals surface area contributed by atoms with Gasteiger partial charge in [0.2, 0.25) is 0 Å². The van der Waals surface area contributed by atoms with Crippen molar-refractivity contribution in [3.63, 3.8) is 0 Å². The van der Waals surface area contributed by atoms with E-state index in [-0.39, 0.29) is 18.0 Å². The average Bonchev–Trinajstić information content (AvgIpc) is 2.48. The molecule has 0 radical (unpaired) electrons. The zero-order chi connectivity index (χ0) is 14.4. The first-order valence-electron chi connectivity index (χ1n) is 7.08. The van der Waals surface area contributed by atoms with Gasteiger partial charge in [0.15, 0.2) is 0 Å². The maximum absolute atomic E-state index is 13.6. The Morgan fingerprint density at radius 1 is 1.45 bits per heavy atom. The molecule has 20 heavy (non-hydrogen) atoms. The van der Waals surface area contributed by atoms with Crippen LogP contribution in [-0.4, -0.2) is 38.5 Å². The number of halogens is 2. The van der Waals surface area contributed by atoms with E-state index in [4.69, 9.17) is 9.47 Å². The summed E-state index contributed by atoms with van der Waals surface area (Å²) in [5, 5.41) is 3.49. The highest BCUT2D eigenvalue weighted by atomic mass is 79.9. The van der Waals surface area contributed by atoms with E-state index in [1.165, 1.54) is 6.07 Å². The average molecular weight is 346 g/mol. The molecule has 1 aromatic rings. The topological polar surface area (TPSA) is 30.5 Å². The lowest BCUT2D eigenvalue weighted by atomic mass is 10.0. The van der Waals surface area contributed by atoms with Crippen LogP contribution in [0.15, 0.2) is 22.7 Å². The Morgan fingerprint density at radius 2 is 2.30 bits per heavy atom. The predicted octanol–water partition coefficient (Wildman–Crippen LogP) is 2.91. The van der Waals surface area contributed by atoms with E-state index in [1.54, 1.807) is 6.07 Å². The molecule has 1 saturated heterocycles. The maximum atomic E-state index is 13.6. The molecule has 0 aliphatic carbocycles. The highest BCUT2D eigenvalue weighted by Crippen LogP contribution is 2.23. The molecule has 2 rings (SSSR count). The minimum atomic E-state index is -0.224. The van der Waals surface area contributed by atoms with Crippen LogP contribution in [0.3, 0.4) is 0 Å². The molecule has 1 fully saturated rings. The molecule has 0 bridgehead atoms. The summed E-state index contributed by atoms with van der Waals surface area (Å²) in [7, 11) is 0. The van der Waals surface area contributed by atoms with Gasteiger partial charge in [0, 0.05) is 6.04 Å². The Morgan fingerprint density at radius 3 is 3.00 bits per heavy atom. The van der Waals surface area contributed by atoms with Crippen molar-refractivity contribution < 1.29 is 13.9 Å².